The Kier molecular flexibility index (Phi) is 5.26. The molecule has 0 nitrogen and oxygen atoms in total. The fourth-order valence-electron chi connectivity index (χ4n) is 3.34. The van der Waals surface area contributed by atoms with Gasteiger partial charge in [-0.15, -0.1) is 0 Å². The van der Waals surface area contributed by atoms with E-state index in [1.807, 2.05) is 6.08 Å². The van der Waals surface area contributed by atoms with Gasteiger partial charge in [0.15, 0.2) is 17.5 Å². The Morgan fingerprint density at radius 1 is 0.880 bits per heavy atom. The highest BCUT2D eigenvalue weighted by atomic mass is 19.2. The van der Waals surface area contributed by atoms with Gasteiger partial charge in [-0.2, -0.15) is 0 Å². The third kappa shape index (κ3) is 3.63. The topological polar surface area (TPSA) is 0 Å². The Bertz CT molecular complexity index is 798. The Morgan fingerprint density at radius 2 is 1.60 bits per heavy atom. The van der Waals surface area contributed by atoms with E-state index in [9.17, 15) is 17.6 Å². The molecule has 1 aliphatic rings. The van der Waals surface area contributed by atoms with Gasteiger partial charge < -0.3 is 0 Å². The Balaban J connectivity index is 1.94. The average molecular weight is 348 g/mol. The van der Waals surface area contributed by atoms with Crippen LogP contribution in [-0.4, -0.2) is 0 Å². The van der Waals surface area contributed by atoms with Crippen molar-refractivity contribution in [1.82, 2.24) is 0 Å². The molecule has 0 saturated carbocycles. The first kappa shape index (κ1) is 17.7. The number of halogens is 4. The van der Waals surface area contributed by atoms with Gasteiger partial charge >= 0.3 is 0 Å². The maximum atomic E-state index is 14.9. The molecule has 0 amide bonds. The summed E-state index contributed by atoms with van der Waals surface area (Å²) in [7, 11) is 0. The van der Waals surface area contributed by atoms with Crippen molar-refractivity contribution in [2.24, 2.45) is 0 Å². The zero-order valence-corrected chi connectivity index (χ0v) is 14.1. The van der Waals surface area contributed by atoms with Crippen molar-refractivity contribution >= 4 is 6.08 Å². The molecule has 0 N–H and O–H groups in total. The van der Waals surface area contributed by atoms with Crippen LogP contribution in [0.2, 0.25) is 0 Å². The van der Waals surface area contributed by atoms with Gasteiger partial charge in [0.25, 0.3) is 0 Å². The van der Waals surface area contributed by atoms with Crippen molar-refractivity contribution < 1.29 is 17.6 Å². The highest BCUT2D eigenvalue weighted by Gasteiger charge is 2.20. The minimum absolute atomic E-state index is 0.00872. The zero-order chi connectivity index (χ0) is 18.0. The van der Waals surface area contributed by atoms with Crippen molar-refractivity contribution in [1.29, 1.82) is 0 Å². The van der Waals surface area contributed by atoms with Crippen LogP contribution in [-0.2, 0) is 6.42 Å². The van der Waals surface area contributed by atoms with Crippen LogP contribution in [0.4, 0.5) is 17.6 Å². The minimum atomic E-state index is -1.54. The fourth-order valence-corrected chi connectivity index (χ4v) is 3.34. The van der Waals surface area contributed by atoms with Gasteiger partial charge in [-0.05, 0) is 54.5 Å². The molecular formula is C21H20F4. The van der Waals surface area contributed by atoms with Crippen molar-refractivity contribution in [3.8, 4) is 11.1 Å². The standard InChI is InChI=1S/C21H20F4/c1-2-3-4-5-13-6-8-16-14(10-13)7-9-17(20(16)24)15-11-18(22)21(25)19(23)12-15/h7,9-12H,2-6,8H2,1H3. The van der Waals surface area contributed by atoms with Crippen LogP contribution in [0.25, 0.3) is 17.2 Å². The Labute approximate surface area is 145 Å². The second kappa shape index (κ2) is 7.42. The SMILES string of the molecule is CCCCCC1=Cc2ccc(-c3cc(F)c(F)c(F)c3)c(F)c2CC1. The molecule has 2 aromatic carbocycles. The second-order valence-electron chi connectivity index (χ2n) is 6.51. The molecule has 0 spiro atoms. The summed E-state index contributed by atoms with van der Waals surface area (Å²) in [5.41, 5.74) is 2.80. The first-order chi connectivity index (χ1) is 12.0. The van der Waals surface area contributed by atoms with Crippen molar-refractivity contribution in [3.63, 3.8) is 0 Å². The van der Waals surface area contributed by atoms with E-state index in [1.54, 1.807) is 6.07 Å². The minimum Gasteiger partial charge on any atom is -0.206 e. The summed E-state index contributed by atoms with van der Waals surface area (Å²) in [4.78, 5) is 0. The summed E-state index contributed by atoms with van der Waals surface area (Å²) >= 11 is 0. The molecule has 0 fully saturated rings. The number of hydrogen-bond acceptors (Lipinski definition) is 0. The van der Waals surface area contributed by atoms with E-state index in [0.717, 1.165) is 43.4 Å². The molecule has 132 valence electrons. The summed E-state index contributed by atoms with van der Waals surface area (Å²) in [6, 6.07) is 4.94. The molecule has 0 radical (unpaired) electrons. The zero-order valence-electron chi connectivity index (χ0n) is 14.1. The number of rotatable bonds is 5. The lowest BCUT2D eigenvalue weighted by Gasteiger charge is -2.19. The highest BCUT2D eigenvalue weighted by Crippen LogP contribution is 2.34. The number of allylic oxidation sites excluding steroid dienone is 1. The summed E-state index contributed by atoms with van der Waals surface area (Å²) in [5, 5.41) is 0. The number of fused-ring (bicyclic) bond motifs is 1. The van der Waals surface area contributed by atoms with Gasteiger partial charge in [0.2, 0.25) is 0 Å². The molecule has 0 unspecified atom stereocenters. The maximum Gasteiger partial charge on any atom is 0.194 e. The molecule has 2 aromatic rings. The van der Waals surface area contributed by atoms with E-state index in [4.69, 9.17) is 0 Å². The summed E-state index contributed by atoms with van der Waals surface area (Å²) in [5.74, 6) is -4.65. The highest BCUT2D eigenvalue weighted by molar-refractivity contribution is 5.70. The molecule has 1 aliphatic carbocycles. The van der Waals surface area contributed by atoms with E-state index in [-0.39, 0.29) is 11.1 Å². The van der Waals surface area contributed by atoms with E-state index >= 15 is 0 Å². The lowest BCUT2D eigenvalue weighted by atomic mass is 9.87. The van der Waals surface area contributed by atoms with E-state index in [0.29, 0.717) is 12.0 Å². The van der Waals surface area contributed by atoms with Crippen LogP contribution in [0.1, 0.15) is 50.2 Å². The maximum absolute atomic E-state index is 14.9. The Hall–Kier alpha value is -2.10. The molecule has 0 heterocycles. The van der Waals surface area contributed by atoms with Gasteiger partial charge in [-0.25, -0.2) is 17.6 Å². The number of hydrogen-bond donors (Lipinski definition) is 0. The third-order valence-corrected chi connectivity index (χ3v) is 4.73. The van der Waals surface area contributed by atoms with E-state index < -0.39 is 23.3 Å². The van der Waals surface area contributed by atoms with Crippen molar-refractivity contribution in [3.05, 3.63) is 64.2 Å². The molecular weight excluding hydrogens is 328 g/mol. The van der Waals surface area contributed by atoms with Crippen molar-refractivity contribution in [2.45, 2.75) is 45.4 Å². The molecule has 4 heteroatoms. The van der Waals surface area contributed by atoms with Crippen LogP contribution >= 0.6 is 0 Å². The Morgan fingerprint density at radius 3 is 2.28 bits per heavy atom. The molecule has 0 aliphatic heterocycles. The predicted molar refractivity (Wildman–Crippen MR) is 92.2 cm³/mol. The third-order valence-electron chi connectivity index (χ3n) is 4.73. The summed E-state index contributed by atoms with van der Waals surface area (Å²) in [6.07, 6.45) is 7.87. The number of benzene rings is 2. The van der Waals surface area contributed by atoms with E-state index in [2.05, 4.69) is 6.92 Å². The van der Waals surface area contributed by atoms with Crippen LogP contribution in [0.3, 0.4) is 0 Å². The van der Waals surface area contributed by atoms with Gasteiger partial charge in [0.1, 0.15) is 5.82 Å². The monoisotopic (exact) mass is 348 g/mol. The van der Waals surface area contributed by atoms with Gasteiger partial charge in [0.05, 0.1) is 0 Å². The van der Waals surface area contributed by atoms with E-state index in [1.165, 1.54) is 18.1 Å². The molecule has 25 heavy (non-hydrogen) atoms. The molecule has 0 atom stereocenters. The van der Waals surface area contributed by atoms with Gasteiger partial charge in [-0.3, -0.25) is 0 Å². The fraction of sp³-hybridized carbons (Fsp3) is 0.333. The average Bonchev–Trinajstić information content (AvgIpc) is 2.60. The van der Waals surface area contributed by atoms with Crippen LogP contribution in [0, 0.1) is 23.3 Å². The van der Waals surface area contributed by atoms with Crippen LogP contribution in [0.15, 0.2) is 29.8 Å². The quantitative estimate of drug-likeness (QED) is 0.316. The predicted octanol–water partition coefficient (Wildman–Crippen LogP) is 6.82. The first-order valence-electron chi connectivity index (χ1n) is 8.67. The van der Waals surface area contributed by atoms with Crippen LogP contribution in [0.5, 0.6) is 0 Å². The van der Waals surface area contributed by atoms with Crippen LogP contribution < -0.4 is 0 Å². The molecule has 0 aromatic heterocycles. The first-order valence-corrected chi connectivity index (χ1v) is 8.67. The lowest BCUT2D eigenvalue weighted by molar-refractivity contribution is 0.447. The molecule has 0 saturated heterocycles. The largest absolute Gasteiger partial charge is 0.206 e. The smallest absolute Gasteiger partial charge is 0.194 e. The molecule has 3 rings (SSSR count). The second-order valence-corrected chi connectivity index (χ2v) is 6.51. The van der Waals surface area contributed by atoms with Gasteiger partial charge in [0, 0.05) is 5.56 Å². The normalized spacial score (nSPS) is 13.6. The summed E-state index contributed by atoms with van der Waals surface area (Å²) in [6.45, 7) is 2.16. The van der Waals surface area contributed by atoms with Gasteiger partial charge in [-0.1, -0.05) is 43.5 Å². The van der Waals surface area contributed by atoms with Crippen molar-refractivity contribution in [2.75, 3.05) is 0 Å². The summed E-state index contributed by atoms with van der Waals surface area (Å²) < 4.78 is 54.9. The lowest BCUT2D eigenvalue weighted by Crippen LogP contribution is -2.04. The number of unbranched alkanes of at least 4 members (excludes halogenated alkanes) is 2. The molecule has 0 bridgehead atoms.